The lowest BCUT2D eigenvalue weighted by molar-refractivity contribution is 0.832. The predicted molar refractivity (Wildman–Crippen MR) is 76.4 cm³/mol. The minimum absolute atomic E-state index is 0.0697. The van der Waals surface area contributed by atoms with Crippen LogP contribution in [0.3, 0.4) is 0 Å². The first-order valence-electron chi connectivity index (χ1n) is 5.60. The molecule has 1 unspecified atom stereocenters. The number of pyridine rings is 2. The van der Waals surface area contributed by atoms with E-state index in [0.717, 1.165) is 17.1 Å². The molecule has 18 heavy (non-hydrogen) atoms. The highest BCUT2D eigenvalue weighted by atomic mass is 32.1. The van der Waals surface area contributed by atoms with Gasteiger partial charge in [-0.05, 0) is 31.2 Å². The van der Waals surface area contributed by atoms with Crippen LogP contribution in [0, 0.1) is 0 Å². The molecule has 0 spiro atoms. The summed E-state index contributed by atoms with van der Waals surface area (Å²) in [6, 6.07) is 9.51. The summed E-state index contributed by atoms with van der Waals surface area (Å²) < 4.78 is 0. The number of nitrogens with zero attached hydrogens (tertiary/aromatic N) is 2. The molecule has 0 saturated heterocycles. The average molecular weight is 258 g/mol. The van der Waals surface area contributed by atoms with Gasteiger partial charge in [0.2, 0.25) is 0 Å². The van der Waals surface area contributed by atoms with Crippen LogP contribution in [0.15, 0.2) is 42.7 Å². The summed E-state index contributed by atoms with van der Waals surface area (Å²) >= 11 is 4.94. The fraction of sp³-hybridized carbons (Fsp3) is 0.154. The van der Waals surface area contributed by atoms with E-state index in [1.165, 1.54) is 0 Å². The quantitative estimate of drug-likeness (QED) is 0.824. The molecule has 5 heteroatoms. The Morgan fingerprint density at radius 1 is 1.28 bits per heavy atom. The lowest BCUT2D eigenvalue weighted by atomic mass is 10.2. The van der Waals surface area contributed by atoms with E-state index in [2.05, 4.69) is 15.3 Å². The fourth-order valence-corrected chi connectivity index (χ4v) is 1.72. The Morgan fingerprint density at radius 2 is 2.11 bits per heavy atom. The standard InChI is InChI=1S/C13H14N4S/c1-9(11-4-2-3-6-15-11)17-12-8-10(13(14)18)5-7-16-12/h2-9H,1H3,(H2,14,18)(H,16,17). The molecule has 4 nitrogen and oxygen atoms in total. The summed E-state index contributed by atoms with van der Waals surface area (Å²) in [4.78, 5) is 8.89. The highest BCUT2D eigenvalue weighted by Crippen LogP contribution is 2.16. The molecular formula is C13H14N4S. The Kier molecular flexibility index (Phi) is 3.84. The first-order valence-corrected chi connectivity index (χ1v) is 6.01. The maximum absolute atomic E-state index is 5.59. The molecule has 2 rings (SSSR count). The van der Waals surface area contributed by atoms with Crippen LogP contribution in [-0.2, 0) is 0 Å². The molecule has 0 aromatic carbocycles. The van der Waals surface area contributed by atoms with Gasteiger partial charge in [0.1, 0.15) is 10.8 Å². The predicted octanol–water partition coefficient (Wildman–Crippen LogP) is 2.28. The number of nitrogens with two attached hydrogens (primary N) is 1. The molecule has 0 amide bonds. The zero-order valence-corrected chi connectivity index (χ0v) is 10.8. The number of aromatic nitrogens is 2. The van der Waals surface area contributed by atoms with Crippen LogP contribution < -0.4 is 11.1 Å². The van der Waals surface area contributed by atoms with Crippen LogP contribution in [0.4, 0.5) is 5.82 Å². The van der Waals surface area contributed by atoms with E-state index < -0.39 is 0 Å². The van der Waals surface area contributed by atoms with E-state index in [-0.39, 0.29) is 6.04 Å². The SMILES string of the molecule is CC(Nc1cc(C(N)=S)ccn1)c1ccccn1. The van der Waals surface area contributed by atoms with Crippen LogP contribution in [0.25, 0.3) is 0 Å². The molecule has 0 radical (unpaired) electrons. The molecule has 2 aromatic heterocycles. The molecule has 0 fully saturated rings. The van der Waals surface area contributed by atoms with Crippen molar-refractivity contribution in [3.05, 3.63) is 54.0 Å². The van der Waals surface area contributed by atoms with Crippen molar-refractivity contribution in [1.29, 1.82) is 0 Å². The highest BCUT2D eigenvalue weighted by Gasteiger charge is 2.07. The van der Waals surface area contributed by atoms with Crippen molar-refractivity contribution in [2.45, 2.75) is 13.0 Å². The molecule has 0 saturated carbocycles. The molecular weight excluding hydrogens is 244 g/mol. The van der Waals surface area contributed by atoms with Gasteiger partial charge >= 0.3 is 0 Å². The smallest absolute Gasteiger partial charge is 0.127 e. The van der Waals surface area contributed by atoms with Crippen molar-refractivity contribution >= 4 is 23.0 Å². The van der Waals surface area contributed by atoms with E-state index in [0.29, 0.717) is 4.99 Å². The van der Waals surface area contributed by atoms with Gasteiger partial charge in [0.05, 0.1) is 11.7 Å². The van der Waals surface area contributed by atoms with E-state index >= 15 is 0 Å². The first-order chi connectivity index (χ1) is 8.66. The Labute approximate surface area is 111 Å². The summed E-state index contributed by atoms with van der Waals surface area (Å²) in [7, 11) is 0. The molecule has 2 heterocycles. The van der Waals surface area contributed by atoms with Crippen LogP contribution in [-0.4, -0.2) is 15.0 Å². The largest absolute Gasteiger partial charge is 0.389 e. The topological polar surface area (TPSA) is 63.8 Å². The molecule has 92 valence electrons. The number of anilines is 1. The van der Waals surface area contributed by atoms with Crippen molar-refractivity contribution in [2.24, 2.45) is 5.73 Å². The summed E-state index contributed by atoms with van der Waals surface area (Å²) in [5.74, 6) is 0.735. The molecule has 3 N–H and O–H groups in total. The van der Waals surface area contributed by atoms with Gasteiger partial charge in [0.15, 0.2) is 0 Å². The first kappa shape index (κ1) is 12.4. The van der Waals surface area contributed by atoms with Gasteiger partial charge < -0.3 is 11.1 Å². The van der Waals surface area contributed by atoms with Crippen LogP contribution in [0.2, 0.25) is 0 Å². The van der Waals surface area contributed by atoms with Crippen molar-refractivity contribution < 1.29 is 0 Å². The summed E-state index contributed by atoms with van der Waals surface area (Å²) in [6.45, 7) is 2.03. The zero-order chi connectivity index (χ0) is 13.0. The third-order valence-electron chi connectivity index (χ3n) is 2.54. The fourth-order valence-electron chi connectivity index (χ4n) is 1.59. The van der Waals surface area contributed by atoms with Crippen LogP contribution in [0.5, 0.6) is 0 Å². The van der Waals surface area contributed by atoms with E-state index in [4.69, 9.17) is 18.0 Å². The Hall–Kier alpha value is -2.01. The van der Waals surface area contributed by atoms with Gasteiger partial charge in [-0.2, -0.15) is 0 Å². The third-order valence-corrected chi connectivity index (χ3v) is 2.78. The van der Waals surface area contributed by atoms with Gasteiger partial charge in [-0.3, -0.25) is 4.98 Å². The number of hydrogen-bond acceptors (Lipinski definition) is 4. The van der Waals surface area contributed by atoms with Gasteiger partial charge in [0.25, 0.3) is 0 Å². The van der Waals surface area contributed by atoms with Gasteiger partial charge in [0, 0.05) is 18.0 Å². The highest BCUT2D eigenvalue weighted by molar-refractivity contribution is 7.80. The minimum atomic E-state index is 0.0697. The maximum atomic E-state index is 5.59. The Morgan fingerprint density at radius 3 is 2.78 bits per heavy atom. The van der Waals surface area contributed by atoms with Crippen molar-refractivity contribution in [3.8, 4) is 0 Å². The summed E-state index contributed by atoms with van der Waals surface area (Å²) in [6.07, 6.45) is 3.45. The van der Waals surface area contributed by atoms with Crippen molar-refractivity contribution in [2.75, 3.05) is 5.32 Å². The second-order valence-corrected chi connectivity index (χ2v) is 4.35. The second-order valence-electron chi connectivity index (χ2n) is 3.91. The lowest BCUT2D eigenvalue weighted by Gasteiger charge is -2.14. The number of nitrogens with one attached hydrogen (secondary N) is 1. The molecule has 0 bridgehead atoms. The molecule has 0 aliphatic rings. The zero-order valence-electron chi connectivity index (χ0n) is 10.00. The van der Waals surface area contributed by atoms with Gasteiger partial charge in [-0.15, -0.1) is 0 Å². The molecule has 1 atom stereocenters. The average Bonchev–Trinajstić information content (AvgIpc) is 2.40. The Bertz CT molecular complexity index is 542. The summed E-state index contributed by atoms with van der Waals surface area (Å²) in [5, 5.41) is 3.26. The minimum Gasteiger partial charge on any atom is -0.389 e. The van der Waals surface area contributed by atoms with Crippen LogP contribution >= 0.6 is 12.2 Å². The number of hydrogen-bond donors (Lipinski definition) is 2. The van der Waals surface area contributed by atoms with Crippen molar-refractivity contribution in [1.82, 2.24) is 9.97 Å². The lowest BCUT2D eigenvalue weighted by Crippen LogP contribution is -2.12. The maximum Gasteiger partial charge on any atom is 0.127 e. The normalized spacial score (nSPS) is 11.8. The number of thiocarbonyl (C=S) groups is 1. The Balaban J connectivity index is 2.14. The summed E-state index contributed by atoms with van der Waals surface area (Å²) in [5.41, 5.74) is 7.35. The van der Waals surface area contributed by atoms with E-state index in [9.17, 15) is 0 Å². The molecule has 0 aliphatic carbocycles. The van der Waals surface area contributed by atoms with Gasteiger partial charge in [-0.25, -0.2) is 4.98 Å². The second kappa shape index (κ2) is 5.55. The van der Waals surface area contributed by atoms with E-state index in [1.807, 2.05) is 31.2 Å². The molecule has 2 aromatic rings. The third kappa shape index (κ3) is 3.01. The van der Waals surface area contributed by atoms with E-state index in [1.54, 1.807) is 18.5 Å². The van der Waals surface area contributed by atoms with Crippen molar-refractivity contribution in [3.63, 3.8) is 0 Å². The van der Waals surface area contributed by atoms with Crippen LogP contribution in [0.1, 0.15) is 24.2 Å². The molecule has 0 aliphatic heterocycles. The number of rotatable bonds is 4. The van der Waals surface area contributed by atoms with Gasteiger partial charge in [-0.1, -0.05) is 18.3 Å². The monoisotopic (exact) mass is 258 g/mol.